The number of benzene rings is 1. The highest BCUT2D eigenvalue weighted by Gasteiger charge is 2.16. The molecule has 3 heteroatoms. The number of rotatable bonds is 2. The maximum Gasteiger partial charge on any atom is 0.272 e. The maximum absolute atomic E-state index is 12.6. The minimum Gasteiger partial charge on any atom is -0.310 e. The van der Waals surface area contributed by atoms with Crippen LogP contribution >= 0.6 is 0 Å². The predicted molar refractivity (Wildman–Crippen MR) is 79.4 cm³/mol. The lowest BCUT2D eigenvalue weighted by atomic mass is 10.1. The van der Waals surface area contributed by atoms with E-state index < -0.39 is 0 Å². The molecule has 3 rings (SSSR count). The van der Waals surface area contributed by atoms with Crippen LogP contribution in [0.4, 0.5) is 0 Å². The first-order chi connectivity index (χ1) is 9.31. The monoisotopic (exact) mass is 256 g/mol. The number of aryl methyl sites for hydroxylation is 1. The zero-order chi connectivity index (χ0) is 13.2. The van der Waals surface area contributed by atoms with E-state index in [4.69, 9.17) is 0 Å². The Morgan fingerprint density at radius 2 is 1.84 bits per heavy atom. The Kier molecular flexibility index (Phi) is 3.28. The molecule has 0 amide bonds. The van der Waals surface area contributed by atoms with Crippen LogP contribution in [0.15, 0.2) is 35.1 Å². The summed E-state index contributed by atoms with van der Waals surface area (Å²) in [7, 11) is 0. The van der Waals surface area contributed by atoms with Gasteiger partial charge in [-0.05, 0) is 37.8 Å². The number of hydrogen-bond acceptors (Lipinski definition) is 2. The summed E-state index contributed by atoms with van der Waals surface area (Å²) in [5.41, 5.74) is 2.10. The van der Waals surface area contributed by atoms with E-state index in [2.05, 4.69) is 11.1 Å². The Morgan fingerprint density at radius 1 is 1.11 bits per heavy atom. The minimum atomic E-state index is 0.156. The number of hydrogen-bond donors (Lipinski definition) is 0. The van der Waals surface area contributed by atoms with Crippen molar-refractivity contribution in [3.63, 3.8) is 0 Å². The summed E-state index contributed by atoms with van der Waals surface area (Å²) in [5.74, 6) is 0. The molecule has 0 unspecified atom stereocenters. The summed E-state index contributed by atoms with van der Waals surface area (Å²) in [6, 6.07) is 10.2. The number of nitrogens with zero attached hydrogens (tertiary/aromatic N) is 2. The fourth-order valence-electron chi connectivity index (χ4n) is 2.91. The second-order valence-corrected chi connectivity index (χ2v) is 5.21. The van der Waals surface area contributed by atoms with Gasteiger partial charge in [-0.25, -0.2) is 4.68 Å². The molecule has 0 N–H and O–H groups in total. The van der Waals surface area contributed by atoms with Gasteiger partial charge in [0.1, 0.15) is 0 Å². The summed E-state index contributed by atoms with van der Waals surface area (Å²) in [4.78, 5) is 12.6. The molecule has 1 fully saturated rings. The van der Waals surface area contributed by atoms with Crippen molar-refractivity contribution in [2.75, 3.05) is 18.1 Å². The van der Waals surface area contributed by atoms with Gasteiger partial charge < -0.3 is 5.01 Å². The number of para-hydroxylation sites is 1. The molecule has 0 radical (unpaired) electrons. The van der Waals surface area contributed by atoms with Gasteiger partial charge in [0.15, 0.2) is 0 Å². The number of piperidine rings is 1. The number of fused-ring (bicyclic) bond motifs is 1. The summed E-state index contributed by atoms with van der Waals surface area (Å²) in [6.45, 7) is 4.01. The average Bonchev–Trinajstić information content (AvgIpc) is 2.47. The molecule has 3 nitrogen and oxygen atoms in total. The van der Waals surface area contributed by atoms with Gasteiger partial charge in [-0.2, -0.15) is 0 Å². The van der Waals surface area contributed by atoms with E-state index in [9.17, 15) is 4.79 Å². The lowest BCUT2D eigenvalue weighted by Crippen LogP contribution is -2.46. The zero-order valence-corrected chi connectivity index (χ0v) is 11.4. The molecule has 19 heavy (non-hydrogen) atoms. The van der Waals surface area contributed by atoms with Crippen LogP contribution in [0.5, 0.6) is 0 Å². The summed E-state index contributed by atoms with van der Waals surface area (Å²) < 4.78 is 1.91. The van der Waals surface area contributed by atoms with Crippen LogP contribution < -0.4 is 10.6 Å². The standard InChI is InChI=1S/C16H20N2O/c1-2-13-12-14-8-4-5-9-15(14)18(16(13)19)17-10-6-3-7-11-17/h4-5,8-9,12H,2-3,6-7,10-11H2,1H3. The Hall–Kier alpha value is -1.77. The van der Waals surface area contributed by atoms with E-state index in [-0.39, 0.29) is 5.56 Å². The van der Waals surface area contributed by atoms with E-state index in [1.807, 2.05) is 35.9 Å². The first-order valence-electron chi connectivity index (χ1n) is 7.20. The second-order valence-electron chi connectivity index (χ2n) is 5.21. The van der Waals surface area contributed by atoms with Crippen LogP contribution in [0, 0.1) is 0 Å². The van der Waals surface area contributed by atoms with Crippen molar-refractivity contribution >= 4 is 10.9 Å². The third kappa shape index (κ3) is 2.14. The van der Waals surface area contributed by atoms with E-state index >= 15 is 0 Å². The molecule has 1 aliphatic heterocycles. The highest BCUT2D eigenvalue weighted by Crippen LogP contribution is 2.16. The Bertz CT molecular complexity index is 639. The van der Waals surface area contributed by atoms with Crippen LogP contribution in [0.3, 0.4) is 0 Å². The highest BCUT2D eigenvalue weighted by atomic mass is 16.1. The van der Waals surface area contributed by atoms with Crippen molar-refractivity contribution in [3.8, 4) is 0 Å². The number of pyridine rings is 1. The molecule has 1 aromatic carbocycles. The average molecular weight is 256 g/mol. The minimum absolute atomic E-state index is 0.156. The third-order valence-corrected chi connectivity index (χ3v) is 3.96. The second kappa shape index (κ2) is 5.08. The molecular formula is C16H20N2O. The Balaban J connectivity index is 2.24. The fourth-order valence-corrected chi connectivity index (χ4v) is 2.91. The lowest BCUT2D eigenvalue weighted by molar-refractivity contribution is 0.478. The summed E-state index contributed by atoms with van der Waals surface area (Å²) >= 11 is 0. The zero-order valence-electron chi connectivity index (χ0n) is 11.4. The van der Waals surface area contributed by atoms with Crippen LogP contribution in [0.1, 0.15) is 31.7 Å². The van der Waals surface area contributed by atoms with E-state index in [0.717, 1.165) is 36.0 Å². The molecule has 1 aromatic heterocycles. The van der Waals surface area contributed by atoms with Crippen LogP contribution in [-0.4, -0.2) is 17.8 Å². The fraction of sp³-hybridized carbons (Fsp3) is 0.438. The van der Waals surface area contributed by atoms with Crippen molar-refractivity contribution in [1.82, 2.24) is 4.68 Å². The first kappa shape index (κ1) is 12.3. The molecule has 1 aliphatic rings. The molecule has 2 heterocycles. The first-order valence-corrected chi connectivity index (χ1v) is 7.20. The molecule has 1 saturated heterocycles. The molecule has 0 spiro atoms. The smallest absolute Gasteiger partial charge is 0.272 e. The van der Waals surface area contributed by atoms with Crippen LogP contribution in [-0.2, 0) is 6.42 Å². The van der Waals surface area contributed by atoms with Gasteiger partial charge >= 0.3 is 0 Å². The highest BCUT2D eigenvalue weighted by molar-refractivity contribution is 5.79. The van der Waals surface area contributed by atoms with Crippen molar-refractivity contribution < 1.29 is 0 Å². The van der Waals surface area contributed by atoms with Gasteiger partial charge in [0.25, 0.3) is 5.56 Å². The normalized spacial score (nSPS) is 15.9. The summed E-state index contributed by atoms with van der Waals surface area (Å²) in [5, 5.41) is 3.37. The van der Waals surface area contributed by atoms with E-state index in [1.54, 1.807) is 0 Å². The van der Waals surface area contributed by atoms with Crippen LogP contribution in [0.25, 0.3) is 10.9 Å². The molecule has 0 aliphatic carbocycles. The largest absolute Gasteiger partial charge is 0.310 e. The maximum atomic E-state index is 12.6. The lowest BCUT2D eigenvalue weighted by Gasteiger charge is -2.31. The van der Waals surface area contributed by atoms with Crippen molar-refractivity contribution in [2.45, 2.75) is 32.6 Å². The molecule has 0 bridgehead atoms. The van der Waals surface area contributed by atoms with Crippen molar-refractivity contribution in [3.05, 3.63) is 46.2 Å². The molecule has 0 atom stereocenters. The Morgan fingerprint density at radius 3 is 2.58 bits per heavy atom. The quantitative estimate of drug-likeness (QED) is 0.825. The van der Waals surface area contributed by atoms with E-state index in [1.165, 1.54) is 19.3 Å². The molecule has 2 aromatic rings. The van der Waals surface area contributed by atoms with Gasteiger partial charge in [-0.15, -0.1) is 0 Å². The van der Waals surface area contributed by atoms with Gasteiger partial charge in [0.05, 0.1) is 5.52 Å². The summed E-state index contributed by atoms with van der Waals surface area (Å²) in [6.07, 6.45) is 4.42. The van der Waals surface area contributed by atoms with Crippen molar-refractivity contribution in [2.24, 2.45) is 0 Å². The van der Waals surface area contributed by atoms with E-state index in [0.29, 0.717) is 0 Å². The van der Waals surface area contributed by atoms with Crippen LogP contribution in [0.2, 0.25) is 0 Å². The predicted octanol–water partition coefficient (Wildman–Crippen LogP) is 2.69. The van der Waals surface area contributed by atoms with Crippen molar-refractivity contribution in [1.29, 1.82) is 0 Å². The molecule has 0 saturated carbocycles. The van der Waals surface area contributed by atoms with Gasteiger partial charge in [-0.1, -0.05) is 25.1 Å². The number of aromatic nitrogens is 1. The van der Waals surface area contributed by atoms with Gasteiger partial charge in [0.2, 0.25) is 0 Å². The SMILES string of the molecule is CCc1cc2ccccc2n(N2CCCCC2)c1=O. The topological polar surface area (TPSA) is 25.2 Å². The molecular weight excluding hydrogens is 236 g/mol. The molecule has 100 valence electrons. The van der Waals surface area contributed by atoms with Gasteiger partial charge in [-0.3, -0.25) is 4.79 Å². The third-order valence-electron chi connectivity index (χ3n) is 3.96. The van der Waals surface area contributed by atoms with Gasteiger partial charge in [0, 0.05) is 24.0 Å². The Labute approximate surface area is 113 Å².